The second-order valence-electron chi connectivity index (χ2n) is 20.6. The second kappa shape index (κ2) is 22.5. The first-order valence-electron chi connectivity index (χ1n) is 25.5. The molecule has 3 aromatic carbocycles. The summed E-state index contributed by atoms with van der Waals surface area (Å²) >= 11 is 0. The maximum absolute atomic E-state index is 16.0. The lowest BCUT2D eigenvalue weighted by molar-refractivity contribution is -0.346. The summed E-state index contributed by atoms with van der Waals surface area (Å²) in [7, 11) is 0. The first kappa shape index (κ1) is 54.5. The van der Waals surface area contributed by atoms with Gasteiger partial charge in [0.25, 0.3) is 5.91 Å². The Hall–Kier alpha value is -6.23. The van der Waals surface area contributed by atoms with E-state index in [0.717, 1.165) is 12.8 Å². The maximum atomic E-state index is 16.0. The molecule has 3 N–H and O–H groups in total. The standard InChI is InChI=1S/C57H69NO15/c1-8-10-15-29-42(61)70-46-44-34(3)39(69-53(66)47(71-43(62)30-16-11-9-2)45(36-23-17-12-18-24-36)58-51(64)37-25-19-13-20-26-37)32-57(67,54(44,5)6)50(72-52(65)38-27-21-14-22-28-38)48-55(7,49(46)63)40(60)31-41-56(48,33-68-41)73-35(4)59/h12-14,17-28,39-41,45-48,50,60,67H,8-11,15-16,29-33H2,1-7H3,(H,58,64)/t39-,40-,41+,45-,46+,47+,48-,50-,55+,56-,57+/m0/s1. The molecule has 3 aliphatic carbocycles. The van der Waals surface area contributed by atoms with Gasteiger partial charge in [0.05, 0.1) is 29.6 Å². The van der Waals surface area contributed by atoms with E-state index < -0.39 is 119 Å². The van der Waals surface area contributed by atoms with Gasteiger partial charge in [-0.15, -0.1) is 0 Å². The number of Topliss-reactive ketones (excluding diaryl/α,β-unsaturated/α-hetero) is 1. The molecule has 11 atom stereocenters. The highest BCUT2D eigenvalue weighted by atomic mass is 16.6. The molecule has 16 nitrogen and oxygen atoms in total. The second-order valence-corrected chi connectivity index (χ2v) is 20.6. The van der Waals surface area contributed by atoms with Crippen LogP contribution in [0.4, 0.5) is 0 Å². The normalized spacial score (nSPS) is 28.8. The van der Waals surface area contributed by atoms with Crippen LogP contribution in [0.2, 0.25) is 0 Å². The van der Waals surface area contributed by atoms with Crippen LogP contribution in [-0.2, 0) is 52.4 Å². The largest absolute Gasteiger partial charge is 0.455 e. The third kappa shape index (κ3) is 10.6. The van der Waals surface area contributed by atoms with Crippen molar-refractivity contribution in [2.24, 2.45) is 16.7 Å². The van der Waals surface area contributed by atoms with Crippen molar-refractivity contribution in [3.8, 4) is 0 Å². The Morgan fingerprint density at radius 3 is 1.92 bits per heavy atom. The molecule has 1 aliphatic heterocycles. The predicted molar refractivity (Wildman–Crippen MR) is 264 cm³/mol. The van der Waals surface area contributed by atoms with Gasteiger partial charge >= 0.3 is 29.8 Å². The van der Waals surface area contributed by atoms with Crippen molar-refractivity contribution in [3.05, 3.63) is 119 Å². The van der Waals surface area contributed by atoms with Crippen molar-refractivity contribution in [2.45, 2.75) is 167 Å². The van der Waals surface area contributed by atoms with Gasteiger partial charge in [0, 0.05) is 43.6 Å². The molecule has 1 amide bonds. The van der Waals surface area contributed by atoms with Gasteiger partial charge in [0.2, 0.25) is 6.10 Å². The molecule has 0 unspecified atom stereocenters. The van der Waals surface area contributed by atoms with Gasteiger partial charge in [-0.05, 0) is 67.7 Å². The number of ether oxygens (including phenoxy) is 6. The van der Waals surface area contributed by atoms with Crippen LogP contribution in [0.1, 0.15) is 145 Å². The van der Waals surface area contributed by atoms with E-state index in [1.165, 1.54) is 26.0 Å². The molecule has 0 spiro atoms. The van der Waals surface area contributed by atoms with Crippen LogP contribution in [-0.4, -0.2) is 106 Å². The van der Waals surface area contributed by atoms with Gasteiger partial charge in [-0.2, -0.15) is 0 Å². The van der Waals surface area contributed by atoms with Crippen molar-refractivity contribution >= 4 is 41.5 Å². The summed E-state index contributed by atoms with van der Waals surface area (Å²) < 4.78 is 37.5. The molecule has 3 aromatic rings. The maximum Gasteiger partial charge on any atom is 0.350 e. The number of hydrogen-bond acceptors (Lipinski definition) is 15. The first-order valence-corrected chi connectivity index (χ1v) is 25.5. The summed E-state index contributed by atoms with van der Waals surface area (Å²) in [5.74, 6) is -7.37. The Morgan fingerprint density at radius 1 is 0.781 bits per heavy atom. The van der Waals surface area contributed by atoms with E-state index >= 15 is 9.59 Å². The van der Waals surface area contributed by atoms with Crippen molar-refractivity contribution in [1.82, 2.24) is 5.32 Å². The van der Waals surface area contributed by atoms with Gasteiger partial charge < -0.3 is 44.0 Å². The van der Waals surface area contributed by atoms with Gasteiger partial charge in [-0.25, -0.2) is 9.59 Å². The minimum Gasteiger partial charge on any atom is -0.455 e. The number of hydrogen-bond donors (Lipinski definition) is 3. The number of aliphatic hydroxyl groups is 2. The summed E-state index contributed by atoms with van der Waals surface area (Å²) in [6.07, 6.45) is -6.81. The molecule has 2 bridgehead atoms. The average Bonchev–Trinajstić information content (AvgIpc) is 3.36. The Bertz CT molecular complexity index is 2550. The van der Waals surface area contributed by atoms with E-state index in [9.17, 15) is 34.2 Å². The van der Waals surface area contributed by atoms with Crippen LogP contribution in [0.3, 0.4) is 0 Å². The first-order chi connectivity index (χ1) is 34.7. The topological polar surface area (TPSA) is 227 Å². The molecule has 1 saturated heterocycles. The van der Waals surface area contributed by atoms with Crippen LogP contribution in [0.15, 0.2) is 102 Å². The van der Waals surface area contributed by atoms with Gasteiger partial charge in [0.15, 0.2) is 17.5 Å². The van der Waals surface area contributed by atoms with E-state index in [-0.39, 0.29) is 48.1 Å². The minimum atomic E-state index is -2.44. The number of carbonyl (C=O) groups is 7. The smallest absolute Gasteiger partial charge is 0.350 e. The number of fused-ring (bicyclic) bond motifs is 5. The fourth-order valence-electron chi connectivity index (χ4n) is 11.5. The molecule has 0 radical (unpaired) electrons. The lowest BCUT2D eigenvalue weighted by atomic mass is 9.44. The van der Waals surface area contributed by atoms with Crippen LogP contribution in [0.5, 0.6) is 0 Å². The van der Waals surface area contributed by atoms with E-state index in [0.29, 0.717) is 31.2 Å². The fraction of sp³-hybridized carbons (Fsp3) is 0.526. The Morgan fingerprint density at radius 2 is 1.36 bits per heavy atom. The molecule has 7 rings (SSSR count). The summed E-state index contributed by atoms with van der Waals surface area (Å²) in [5.41, 5.74) is -7.13. The van der Waals surface area contributed by atoms with E-state index in [2.05, 4.69) is 5.32 Å². The lowest BCUT2D eigenvalue weighted by Gasteiger charge is -2.67. The molecule has 3 fully saturated rings. The lowest BCUT2D eigenvalue weighted by Crippen LogP contribution is -2.82. The average molecular weight is 1010 g/mol. The van der Waals surface area contributed by atoms with Crippen molar-refractivity contribution in [3.63, 3.8) is 0 Å². The van der Waals surface area contributed by atoms with Crippen molar-refractivity contribution < 1.29 is 72.2 Å². The van der Waals surface area contributed by atoms with Crippen LogP contribution < -0.4 is 5.32 Å². The number of rotatable bonds is 19. The fourth-order valence-corrected chi connectivity index (χ4v) is 11.5. The highest BCUT2D eigenvalue weighted by molar-refractivity contribution is 5.96. The number of unbranched alkanes of at least 4 members (excludes halogenated alkanes) is 4. The third-order valence-electron chi connectivity index (χ3n) is 15.7. The monoisotopic (exact) mass is 1010 g/mol. The van der Waals surface area contributed by atoms with Crippen molar-refractivity contribution in [2.75, 3.05) is 6.61 Å². The Labute approximate surface area is 426 Å². The third-order valence-corrected chi connectivity index (χ3v) is 15.7. The molecule has 1 heterocycles. The molecule has 2 saturated carbocycles. The van der Waals surface area contributed by atoms with Gasteiger partial charge in [-0.3, -0.25) is 24.0 Å². The van der Waals surface area contributed by atoms with Gasteiger partial charge in [-0.1, -0.05) is 120 Å². The van der Waals surface area contributed by atoms with Crippen LogP contribution in [0, 0.1) is 16.7 Å². The molecular formula is C57H69NO15. The number of esters is 5. The molecule has 392 valence electrons. The zero-order valence-electron chi connectivity index (χ0n) is 42.8. The van der Waals surface area contributed by atoms with E-state index in [4.69, 9.17) is 28.4 Å². The van der Waals surface area contributed by atoms with E-state index in [1.54, 1.807) is 99.6 Å². The minimum absolute atomic E-state index is 0.0131. The molecule has 0 aromatic heterocycles. The number of aliphatic hydroxyl groups excluding tert-OH is 1. The number of nitrogens with one attached hydrogen (secondary N) is 1. The Balaban J connectivity index is 1.43. The SMILES string of the molecule is CCCCCC(=O)O[C@H]1C(=O)[C@@]2(C)[C@H]([C@H](OC(=O)c3ccccc3)[C@]3(O)C[C@H](OC(=O)[C@H](OC(=O)CCCCC)[C@@H](NC(=O)c4ccccc4)c4ccccc4)C(C)=C1C3(C)C)[C@]1(OC(C)=O)CO[C@@H]1C[C@@H]2O. The molecule has 73 heavy (non-hydrogen) atoms. The zero-order valence-corrected chi connectivity index (χ0v) is 42.8. The number of amides is 1. The summed E-state index contributed by atoms with van der Waals surface area (Å²) in [6.45, 7) is 11.0. The van der Waals surface area contributed by atoms with Crippen LogP contribution >= 0.6 is 0 Å². The highest BCUT2D eigenvalue weighted by Crippen LogP contribution is 2.64. The number of benzene rings is 3. The number of ketones is 1. The van der Waals surface area contributed by atoms with Crippen LogP contribution in [0.25, 0.3) is 0 Å². The summed E-state index contributed by atoms with van der Waals surface area (Å²) in [5, 5.41) is 29.3. The summed E-state index contributed by atoms with van der Waals surface area (Å²) in [6, 6.07) is 23.3. The van der Waals surface area contributed by atoms with Crippen molar-refractivity contribution in [1.29, 1.82) is 0 Å². The Kier molecular flexibility index (Phi) is 16.8. The van der Waals surface area contributed by atoms with E-state index in [1.807, 2.05) is 13.8 Å². The summed E-state index contributed by atoms with van der Waals surface area (Å²) in [4.78, 5) is 101. The zero-order chi connectivity index (χ0) is 52.9. The molecular weight excluding hydrogens is 939 g/mol. The number of carbonyl (C=O) groups excluding carboxylic acids is 7. The molecule has 4 aliphatic rings. The molecule has 16 heteroatoms. The van der Waals surface area contributed by atoms with Gasteiger partial charge in [0.1, 0.15) is 30.0 Å². The highest BCUT2D eigenvalue weighted by Gasteiger charge is 2.78. The quantitative estimate of drug-likeness (QED) is 0.0459. The predicted octanol–water partition coefficient (Wildman–Crippen LogP) is 7.43.